The molecule has 0 unspecified atom stereocenters. The SMILES string of the molecule is CC(C)c1cc(-c2ccccc2)cc(C(C)C)c1-c1ccc(-c2cc(-c3cc(-c4ccccc4)ccn3)cc(C(C)(C)C)c2)c2nc(-c3cc(C(C)(C)C)c4oc5ccccc5c4c3O)oc12. The minimum atomic E-state index is -0.328. The van der Waals surface area contributed by atoms with Crippen LogP contribution in [0.5, 0.6) is 5.75 Å². The Morgan fingerprint density at radius 1 is 0.507 bits per heavy atom. The summed E-state index contributed by atoms with van der Waals surface area (Å²) in [6, 6.07) is 51.2. The summed E-state index contributed by atoms with van der Waals surface area (Å²) in [7, 11) is 0. The maximum atomic E-state index is 12.5. The molecule has 5 heteroatoms. The van der Waals surface area contributed by atoms with Gasteiger partial charge in [0.2, 0.25) is 5.89 Å². The Labute approximate surface area is 394 Å². The maximum absolute atomic E-state index is 12.5. The van der Waals surface area contributed by atoms with Gasteiger partial charge in [0.15, 0.2) is 5.58 Å². The van der Waals surface area contributed by atoms with Crippen molar-refractivity contribution in [2.45, 2.75) is 91.9 Å². The number of fused-ring (bicyclic) bond motifs is 4. The number of hydrogen-bond donors (Lipinski definition) is 1. The second-order valence-corrected chi connectivity index (χ2v) is 20.8. The molecule has 0 aliphatic carbocycles. The second kappa shape index (κ2) is 16.6. The van der Waals surface area contributed by atoms with Gasteiger partial charge in [-0.3, -0.25) is 4.98 Å². The van der Waals surface area contributed by atoms with Crippen LogP contribution in [0.1, 0.15) is 103 Å². The molecule has 10 rings (SSSR count). The molecule has 3 aromatic heterocycles. The van der Waals surface area contributed by atoms with E-state index in [1.165, 1.54) is 27.8 Å². The normalized spacial score (nSPS) is 12.4. The molecule has 1 N–H and O–H groups in total. The Kier molecular flexibility index (Phi) is 10.8. The molecule has 10 aromatic rings. The summed E-state index contributed by atoms with van der Waals surface area (Å²) < 4.78 is 13.7. The third kappa shape index (κ3) is 7.90. The molecule has 0 amide bonds. The van der Waals surface area contributed by atoms with Crippen molar-refractivity contribution in [3.8, 4) is 73.0 Å². The van der Waals surface area contributed by atoms with Crippen molar-refractivity contribution in [3.63, 3.8) is 0 Å². The van der Waals surface area contributed by atoms with Gasteiger partial charge in [-0.05, 0) is 115 Å². The Morgan fingerprint density at radius 3 is 1.76 bits per heavy atom. The molecule has 0 atom stereocenters. The summed E-state index contributed by atoms with van der Waals surface area (Å²) >= 11 is 0. The zero-order chi connectivity index (χ0) is 46.9. The van der Waals surface area contributed by atoms with Crippen LogP contribution in [0.15, 0.2) is 161 Å². The number of pyridine rings is 1. The van der Waals surface area contributed by atoms with E-state index in [9.17, 15) is 5.11 Å². The van der Waals surface area contributed by atoms with E-state index in [0.717, 1.165) is 66.7 Å². The summed E-state index contributed by atoms with van der Waals surface area (Å²) in [5, 5.41) is 14.0. The van der Waals surface area contributed by atoms with Crippen molar-refractivity contribution >= 4 is 33.0 Å². The van der Waals surface area contributed by atoms with Gasteiger partial charge in [-0.25, -0.2) is 4.98 Å². The number of phenolic OH excluding ortho intramolecular Hbond substituents is 1. The Bertz CT molecular complexity index is 3460. The van der Waals surface area contributed by atoms with E-state index in [4.69, 9.17) is 18.8 Å². The molecule has 67 heavy (non-hydrogen) atoms. The fourth-order valence-electron chi connectivity index (χ4n) is 9.62. The molecule has 0 fully saturated rings. The predicted octanol–water partition coefficient (Wildman–Crippen LogP) is 17.7. The summed E-state index contributed by atoms with van der Waals surface area (Å²) in [6.07, 6.45) is 1.90. The van der Waals surface area contributed by atoms with Crippen LogP contribution >= 0.6 is 0 Å². The highest BCUT2D eigenvalue weighted by Crippen LogP contribution is 2.50. The minimum Gasteiger partial charge on any atom is -0.506 e. The summed E-state index contributed by atoms with van der Waals surface area (Å²) in [5.41, 5.74) is 18.0. The number of benzene rings is 7. The van der Waals surface area contributed by atoms with Crippen LogP contribution in [0.2, 0.25) is 0 Å². The van der Waals surface area contributed by atoms with Crippen LogP contribution in [-0.2, 0) is 10.8 Å². The molecule has 0 aliphatic rings. The fourth-order valence-corrected chi connectivity index (χ4v) is 9.62. The van der Waals surface area contributed by atoms with Crippen molar-refractivity contribution in [1.29, 1.82) is 0 Å². The number of aromatic hydroxyl groups is 1. The van der Waals surface area contributed by atoms with E-state index in [0.29, 0.717) is 28.0 Å². The van der Waals surface area contributed by atoms with Crippen LogP contribution in [0.3, 0.4) is 0 Å². The predicted molar refractivity (Wildman–Crippen MR) is 279 cm³/mol. The highest BCUT2D eigenvalue weighted by molar-refractivity contribution is 6.12. The van der Waals surface area contributed by atoms with Crippen molar-refractivity contribution in [3.05, 3.63) is 174 Å². The Morgan fingerprint density at radius 2 is 1.12 bits per heavy atom. The third-order valence-electron chi connectivity index (χ3n) is 13.3. The smallest absolute Gasteiger partial charge is 0.231 e. The lowest BCUT2D eigenvalue weighted by Gasteiger charge is -2.23. The molecule has 0 saturated heterocycles. The highest BCUT2D eigenvalue weighted by Gasteiger charge is 2.30. The van der Waals surface area contributed by atoms with E-state index in [1.54, 1.807) is 0 Å². The van der Waals surface area contributed by atoms with Crippen molar-refractivity contribution in [2.75, 3.05) is 0 Å². The van der Waals surface area contributed by atoms with Gasteiger partial charge in [-0.15, -0.1) is 0 Å². The highest BCUT2D eigenvalue weighted by atomic mass is 16.4. The summed E-state index contributed by atoms with van der Waals surface area (Å²) in [4.78, 5) is 10.4. The van der Waals surface area contributed by atoms with Gasteiger partial charge >= 0.3 is 0 Å². The van der Waals surface area contributed by atoms with Gasteiger partial charge in [0.05, 0.1) is 16.6 Å². The monoisotopic (exact) mass is 878 g/mol. The lowest BCUT2D eigenvalue weighted by atomic mass is 9.81. The van der Waals surface area contributed by atoms with Gasteiger partial charge in [-0.1, -0.05) is 172 Å². The standard InChI is InChI=1S/C62H58N2O3/c1-36(2)48-32-41(39-21-15-12-16-22-39)33-49(37(3)4)54(48)47-26-25-45(42-29-43(31-44(30-42)61(5,6)7)52-34-40(27-28-63-52)38-19-13-11-14-20-38)56-58(47)67-60(64-56)50-35-51(62(8,9)10)59-55(57(50)65)46-23-17-18-24-53(46)66-59/h11-37,65H,1-10H3. The van der Waals surface area contributed by atoms with Gasteiger partial charge in [-0.2, -0.15) is 0 Å². The number of nitrogens with zero attached hydrogens (tertiary/aromatic N) is 2. The number of furan rings is 1. The van der Waals surface area contributed by atoms with Crippen LogP contribution in [0.25, 0.3) is 100 Å². The van der Waals surface area contributed by atoms with Crippen LogP contribution in [0.4, 0.5) is 0 Å². The van der Waals surface area contributed by atoms with Crippen LogP contribution in [-0.4, -0.2) is 15.1 Å². The zero-order valence-electron chi connectivity index (χ0n) is 40.2. The molecule has 0 spiro atoms. The summed E-state index contributed by atoms with van der Waals surface area (Å²) in [6.45, 7) is 22.3. The van der Waals surface area contributed by atoms with Crippen LogP contribution in [0, 0.1) is 0 Å². The van der Waals surface area contributed by atoms with Gasteiger partial charge in [0.1, 0.15) is 22.4 Å². The number of rotatable bonds is 8. The van der Waals surface area contributed by atoms with E-state index in [2.05, 4.69) is 178 Å². The molecular formula is C62H58N2O3. The second-order valence-electron chi connectivity index (χ2n) is 20.8. The molecule has 5 nitrogen and oxygen atoms in total. The first-order valence-corrected chi connectivity index (χ1v) is 23.6. The first-order valence-electron chi connectivity index (χ1n) is 23.6. The maximum Gasteiger partial charge on any atom is 0.231 e. The lowest BCUT2D eigenvalue weighted by molar-refractivity contribution is 0.479. The van der Waals surface area contributed by atoms with Crippen molar-refractivity contribution in [1.82, 2.24) is 9.97 Å². The number of hydrogen-bond acceptors (Lipinski definition) is 5. The molecule has 7 aromatic carbocycles. The Balaban J connectivity index is 1.28. The number of aromatic nitrogens is 2. The molecule has 0 radical (unpaired) electrons. The number of oxazole rings is 1. The van der Waals surface area contributed by atoms with Gasteiger partial charge < -0.3 is 13.9 Å². The number of para-hydroxylation sites is 1. The quantitative estimate of drug-likeness (QED) is 0.165. The minimum absolute atomic E-state index is 0.0851. The molecule has 0 bridgehead atoms. The molecular weight excluding hydrogens is 821 g/mol. The molecule has 0 saturated carbocycles. The van der Waals surface area contributed by atoms with E-state index in [-0.39, 0.29) is 28.4 Å². The lowest BCUT2D eigenvalue weighted by Crippen LogP contribution is -2.11. The van der Waals surface area contributed by atoms with Crippen molar-refractivity contribution in [2.24, 2.45) is 0 Å². The molecule has 334 valence electrons. The van der Waals surface area contributed by atoms with Crippen LogP contribution < -0.4 is 0 Å². The average molecular weight is 879 g/mol. The average Bonchev–Trinajstić information content (AvgIpc) is 3.94. The first kappa shape index (κ1) is 43.6. The number of phenols is 1. The van der Waals surface area contributed by atoms with Gasteiger partial charge in [0, 0.05) is 33.8 Å². The molecule has 0 aliphatic heterocycles. The van der Waals surface area contributed by atoms with Gasteiger partial charge in [0.25, 0.3) is 0 Å². The van der Waals surface area contributed by atoms with E-state index in [1.807, 2.05) is 42.6 Å². The zero-order valence-corrected chi connectivity index (χ0v) is 40.2. The fraction of sp³-hybridized carbons (Fsp3) is 0.226. The largest absolute Gasteiger partial charge is 0.506 e. The Hall–Kier alpha value is -7.24. The topological polar surface area (TPSA) is 72.3 Å². The van der Waals surface area contributed by atoms with Crippen molar-refractivity contribution < 1.29 is 13.9 Å². The molecule has 3 heterocycles. The third-order valence-corrected chi connectivity index (χ3v) is 13.3. The summed E-state index contributed by atoms with van der Waals surface area (Å²) in [5.74, 6) is 0.839. The first-order chi connectivity index (χ1) is 32.0. The van der Waals surface area contributed by atoms with E-state index >= 15 is 0 Å². The van der Waals surface area contributed by atoms with E-state index < -0.39 is 0 Å².